The van der Waals surface area contributed by atoms with Crippen LogP contribution in [0.15, 0.2) is 24.3 Å². The fourth-order valence-corrected chi connectivity index (χ4v) is 2.29. The van der Waals surface area contributed by atoms with Gasteiger partial charge < -0.3 is 9.64 Å². The van der Waals surface area contributed by atoms with E-state index in [4.69, 9.17) is 4.74 Å². The maximum atomic E-state index is 12.3. The molecule has 0 aromatic heterocycles. The van der Waals surface area contributed by atoms with Crippen LogP contribution in [0.5, 0.6) is 0 Å². The average Bonchev–Trinajstić information content (AvgIpc) is 2.39. The maximum absolute atomic E-state index is 12.3. The van der Waals surface area contributed by atoms with Gasteiger partial charge in [-0.15, -0.1) is 0 Å². The van der Waals surface area contributed by atoms with Gasteiger partial charge in [0.15, 0.2) is 0 Å². The first kappa shape index (κ1) is 13.6. The molecule has 1 aromatic carbocycles. The van der Waals surface area contributed by atoms with Crippen LogP contribution in [0, 0.1) is 6.92 Å². The number of hydrogen-bond donors (Lipinski definition) is 0. The van der Waals surface area contributed by atoms with Gasteiger partial charge >= 0.3 is 5.97 Å². The van der Waals surface area contributed by atoms with E-state index >= 15 is 0 Å². The minimum Gasteiger partial charge on any atom is -0.462 e. The van der Waals surface area contributed by atoms with Crippen molar-refractivity contribution in [3.05, 3.63) is 35.4 Å². The van der Waals surface area contributed by atoms with Gasteiger partial charge in [-0.25, -0.2) is 0 Å². The predicted molar refractivity (Wildman–Crippen MR) is 71.9 cm³/mol. The van der Waals surface area contributed by atoms with E-state index in [2.05, 4.69) is 0 Å². The van der Waals surface area contributed by atoms with E-state index in [1.807, 2.05) is 36.1 Å². The normalized spacial score (nSPS) is 16.2. The molecule has 1 aromatic rings. The molecule has 0 saturated carbocycles. The quantitative estimate of drug-likeness (QED) is 0.766. The van der Waals surface area contributed by atoms with Crippen LogP contribution >= 0.6 is 0 Å². The van der Waals surface area contributed by atoms with Crippen molar-refractivity contribution in [2.75, 3.05) is 13.1 Å². The molecule has 4 heteroatoms. The van der Waals surface area contributed by atoms with Crippen molar-refractivity contribution in [2.45, 2.75) is 32.8 Å². The van der Waals surface area contributed by atoms with Gasteiger partial charge in [0.1, 0.15) is 6.10 Å². The SMILES string of the molecule is CC(=O)OC1CCN(C(=O)c2ccc(C)cc2)CC1. The monoisotopic (exact) mass is 261 g/mol. The molecule has 1 heterocycles. The van der Waals surface area contributed by atoms with Crippen molar-refractivity contribution >= 4 is 11.9 Å². The third-order valence-corrected chi connectivity index (χ3v) is 3.36. The Morgan fingerprint density at radius 1 is 1.16 bits per heavy atom. The number of esters is 1. The molecule has 102 valence electrons. The Labute approximate surface area is 113 Å². The second-order valence-electron chi connectivity index (χ2n) is 4.97. The number of aryl methyl sites for hydroxylation is 1. The standard InChI is InChI=1S/C15H19NO3/c1-11-3-5-13(6-4-11)15(18)16-9-7-14(8-10-16)19-12(2)17/h3-6,14H,7-10H2,1-2H3. The van der Waals surface area contributed by atoms with Gasteiger partial charge in [-0.3, -0.25) is 9.59 Å². The van der Waals surface area contributed by atoms with Gasteiger partial charge in [0.2, 0.25) is 0 Å². The van der Waals surface area contributed by atoms with Crippen molar-refractivity contribution in [1.29, 1.82) is 0 Å². The zero-order chi connectivity index (χ0) is 13.8. The zero-order valence-corrected chi connectivity index (χ0v) is 11.4. The molecule has 1 fully saturated rings. The summed E-state index contributed by atoms with van der Waals surface area (Å²) in [6, 6.07) is 7.60. The number of likely N-dealkylation sites (tertiary alicyclic amines) is 1. The van der Waals surface area contributed by atoms with E-state index in [0.717, 1.165) is 24.0 Å². The molecule has 0 N–H and O–H groups in total. The average molecular weight is 261 g/mol. The van der Waals surface area contributed by atoms with Crippen molar-refractivity contribution in [3.63, 3.8) is 0 Å². The molecule has 2 rings (SSSR count). The highest BCUT2D eigenvalue weighted by Gasteiger charge is 2.24. The Morgan fingerprint density at radius 2 is 1.74 bits per heavy atom. The lowest BCUT2D eigenvalue weighted by atomic mass is 10.1. The smallest absolute Gasteiger partial charge is 0.302 e. The summed E-state index contributed by atoms with van der Waals surface area (Å²) in [5.41, 5.74) is 1.86. The lowest BCUT2D eigenvalue weighted by Gasteiger charge is -2.31. The fourth-order valence-electron chi connectivity index (χ4n) is 2.29. The van der Waals surface area contributed by atoms with E-state index in [1.54, 1.807) is 0 Å². The van der Waals surface area contributed by atoms with Gasteiger partial charge in [0.05, 0.1) is 0 Å². The molecule has 1 aliphatic rings. The third kappa shape index (κ3) is 3.56. The number of carbonyl (C=O) groups excluding carboxylic acids is 2. The number of ether oxygens (including phenoxy) is 1. The van der Waals surface area contributed by atoms with Crippen LogP contribution in [0.1, 0.15) is 35.7 Å². The molecule has 0 aliphatic carbocycles. The second kappa shape index (κ2) is 5.87. The zero-order valence-electron chi connectivity index (χ0n) is 11.4. The van der Waals surface area contributed by atoms with Crippen molar-refractivity contribution in [1.82, 2.24) is 4.90 Å². The predicted octanol–water partition coefficient (Wildman–Crippen LogP) is 2.16. The summed E-state index contributed by atoms with van der Waals surface area (Å²) in [7, 11) is 0. The summed E-state index contributed by atoms with van der Waals surface area (Å²) in [5.74, 6) is -0.190. The molecule has 0 radical (unpaired) electrons. The number of nitrogens with zero attached hydrogens (tertiary/aromatic N) is 1. The topological polar surface area (TPSA) is 46.6 Å². The number of rotatable bonds is 2. The van der Waals surface area contributed by atoms with E-state index in [-0.39, 0.29) is 18.0 Å². The van der Waals surface area contributed by atoms with Crippen molar-refractivity contribution in [3.8, 4) is 0 Å². The number of amides is 1. The van der Waals surface area contributed by atoms with Gasteiger partial charge in [0, 0.05) is 38.4 Å². The molecule has 0 unspecified atom stereocenters. The van der Waals surface area contributed by atoms with Crippen LogP contribution in [0.25, 0.3) is 0 Å². The first-order valence-corrected chi connectivity index (χ1v) is 6.59. The van der Waals surface area contributed by atoms with Crippen LogP contribution in [0.3, 0.4) is 0 Å². The molecule has 0 atom stereocenters. The summed E-state index contributed by atoms with van der Waals surface area (Å²) >= 11 is 0. The fraction of sp³-hybridized carbons (Fsp3) is 0.467. The molecular weight excluding hydrogens is 242 g/mol. The molecular formula is C15H19NO3. The summed E-state index contributed by atoms with van der Waals surface area (Å²) < 4.78 is 5.16. The van der Waals surface area contributed by atoms with E-state index in [9.17, 15) is 9.59 Å². The summed E-state index contributed by atoms with van der Waals surface area (Å²) in [5, 5.41) is 0. The Balaban J connectivity index is 1.92. The number of hydrogen-bond acceptors (Lipinski definition) is 3. The number of piperidine rings is 1. The first-order valence-electron chi connectivity index (χ1n) is 6.59. The highest BCUT2D eigenvalue weighted by Crippen LogP contribution is 2.16. The Kier molecular flexibility index (Phi) is 4.20. The lowest BCUT2D eigenvalue weighted by molar-refractivity contribution is -0.148. The lowest BCUT2D eigenvalue weighted by Crippen LogP contribution is -2.41. The Hall–Kier alpha value is -1.84. The maximum Gasteiger partial charge on any atom is 0.302 e. The molecule has 19 heavy (non-hydrogen) atoms. The second-order valence-corrected chi connectivity index (χ2v) is 4.97. The number of carbonyl (C=O) groups is 2. The van der Waals surface area contributed by atoms with E-state index in [0.29, 0.717) is 13.1 Å². The van der Waals surface area contributed by atoms with E-state index < -0.39 is 0 Å². The molecule has 1 saturated heterocycles. The van der Waals surface area contributed by atoms with Gasteiger partial charge in [-0.2, -0.15) is 0 Å². The molecule has 1 aliphatic heterocycles. The molecule has 4 nitrogen and oxygen atoms in total. The molecule has 0 spiro atoms. The Morgan fingerprint density at radius 3 is 2.26 bits per heavy atom. The highest BCUT2D eigenvalue weighted by molar-refractivity contribution is 5.94. The Bertz CT molecular complexity index is 459. The van der Waals surface area contributed by atoms with Crippen molar-refractivity contribution < 1.29 is 14.3 Å². The van der Waals surface area contributed by atoms with Crippen LogP contribution in [0.2, 0.25) is 0 Å². The van der Waals surface area contributed by atoms with Crippen LogP contribution in [-0.4, -0.2) is 36.0 Å². The summed E-state index contributed by atoms with van der Waals surface area (Å²) in [6.07, 6.45) is 1.40. The van der Waals surface area contributed by atoms with Crippen molar-refractivity contribution in [2.24, 2.45) is 0 Å². The highest BCUT2D eigenvalue weighted by atomic mass is 16.5. The minimum absolute atomic E-state index is 0.0421. The largest absolute Gasteiger partial charge is 0.462 e. The van der Waals surface area contributed by atoms with Gasteiger partial charge in [0.25, 0.3) is 5.91 Å². The summed E-state index contributed by atoms with van der Waals surface area (Å²) in [4.78, 5) is 25.0. The van der Waals surface area contributed by atoms with Crippen LogP contribution in [-0.2, 0) is 9.53 Å². The molecule has 0 bridgehead atoms. The van der Waals surface area contributed by atoms with Crippen LogP contribution in [0.4, 0.5) is 0 Å². The molecule has 1 amide bonds. The van der Waals surface area contributed by atoms with Gasteiger partial charge in [-0.05, 0) is 19.1 Å². The number of benzene rings is 1. The third-order valence-electron chi connectivity index (χ3n) is 3.36. The van der Waals surface area contributed by atoms with Gasteiger partial charge in [-0.1, -0.05) is 17.7 Å². The van der Waals surface area contributed by atoms with E-state index in [1.165, 1.54) is 6.92 Å². The van der Waals surface area contributed by atoms with Crippen LogP contribution < -0.4 is 0 Å². The summed E-state index contributed by atoms with van der Waals surface area (Å²) in [6.45, 7) is 4.71. The first-order chi connectivity index (χ1) is 9.06. The minimum atomic E-state index is -0.247.